The van der Waals surface area contributed by atoms with Gasteiger partial charge in [-0.3, -0.25) is 0 Å². The van der Waals surface area contributed by atoms with Crippen LogP contribution in [0.2, 0.25) is 0 Å². The highest BCUT2D eigenvalue weighted by Crippen LogP contribution is 2.26. The largest absolute Gasteiger partial charge is 0.388 e. The van der Waals surface area contributed by atoms with Crippen LogP contribution in [0.25, 0.3) is 10.8 Å². The molecule has 0 aromatic heterocycles. The maximum Gasteiger partial charge on any atom is 0.243 e. The van der Waals surface area contributed by atoms with Crippen molar-refractivity contribution in [3.8, 4) is 0 Å². The van der Waals surface area contributed by atoms with Crippen molar-refractivity contribution < 1.29 is 17.9 Å². The van der Waals surface area contributed by atoms with Gasteiger partial charge in [-0.25, -0.2) is 17.5 Å². The summed E-state index contributed by atoms with van der Waals surface area (Å²) in [5.74, 6) is -0.801. The molecule has 0 aliphatic heterocycles. The maximum atomic E-state index is 13.6. The van der Waals surface area contributed by atoms with Gasteiger partial charge in [-0.05, 0) is 34.9 Å². The first-order valence-corrected chi connectivity index (χ1v) is 9.37. The van der Waals surface area contributed by atoms with Gasteiger partial charge in [0.05, 0.1) is 6.10 Å². The highest BCUT2D eigenvalue weighted by atomic mass is 32.2. The molecule has 0 bridgehead atoms. The first-order valence-electron chi connectivity index (χ1n) is 7.89. The second-order valence-corrected chi connectivity index (χ2v) is 7.44. The molecule has 25 heavy (non-hydrogen) atoms. The molecule has 0 radical (unpaired) electrons. The molecule has 0 saturated heterocycles. The molecule has 0 saturated carbocycles. The number of halogens is 1. The predicted molar refractivity (Wildman–Crippen MR) is 95.1 cm³/mol. The molecular weight excluding hydrogens is 341 g/mol. The SMILES string of the molecule is O=S(=O)(NCCC(O)c1cccc2ccccc12)c1ccccc1F. The van der Waals surface area contributed by atoms with Gasteiger partial charge < -0.3 is 5.11 Å². The fourth-order valence-electron chi connectivity index (χ4n) is 2.77. The molecule has 3 aromatic rings. The fraction of sp³-hybridized carbons (Fsp3) is 0.158. The molecule has 0 aliphatic carbocycles. The summed E-state index contributed by atoms with van der Waals surface area (Å²) in [4.78, 5) is -0.394. The Morgan fingerprint density at radius 2 is 1.64 bits per heavy atom. The van der Waals surface area contributed by atoms with Gasteiger partial charge in [0.25, 0.3) is 0 Å². The van der Waals surface area contributed by atoms with Crippen LogP contribution in [0.5, 0.6) is 0 Å². The summed E-state index contributed by atoms with van der Waals surface area (Å²) < 4.78 is 40.3. The molecule has 2 N–H and O–H groups in total. The van der Waals surface area contributed by atoms with E-state index >= 15 is 0 Å². The normalized spacial score (nSPS) is 13.0. The molecule has 3 rings (SSSR count). The molecule has 1 atom stereocenters. The number of aliphatic hydroxyl groups excluding tert-OH is 1. The average Bonchev–Trinajstić information content (AvgIpc) is 2.61. The highest BCUT2D eigenvalue weighted by molar-refractivity contribution is 7.89. The van der Waals surface area contributed by atoms with Crippen LogP contribution in [0.15, 0.2) is 71.6 Å². The molecule has 0 amide bonds. The van der Waals surface area contributed by atoms with Gasteiger partial charge in [0.2, 0.25) is 10.0 Å². The van der Waals surface area contributed by atoms with Crippen molar-refractivity contribution in [1.29, 1.82) is 0 Å². The molecular formula is C19H18FNO3S. The molecule has 0 spiro atoms. The van der Waals surface area contributed by atoms with Crippen LogP contribution in [0.3, 0.4) is 0 Å². The van der Waals surface area contributed by atoms with E-state index in [2.05, 4.69) is 4.72 Å². The molecule has 3 aromatic carbocycles. The van der Waals surface area contributed by atoms with Gasteiger partial charge in [0.15, 0.2) is 0 Å². The number of aliphatic hydroxyl groups is 1. The van der Waals surface area contributed by atoms with Crippen LogP contribution in [-0.4, -0.2) is 20.1 Å². The Hall–Kier alpha value is -2.28. The third-order valence-corrected chi connectivity index (χ3v) is 5.51. The van der Waals surface area contributed by atoms with Crippen LogP contribution in [-0.2, 0) is 10.0 Å². The van der Waals surface area contributed by atoms with E-state index in [1.54, 1.807) is 0 Å². The third kappa shape index (κ3) is 3.87. The number of hydrogen-bond donors (Lipinski definition) is 2. The van der Waals surface area contributed by atoms with Crippen molar-refractivity contribution in [2.75, 3.05) is 6.54 Å². The van der Waals surface area contributed by atoms with E-state index in [0.29, 0.717) is 0 Å². The molecule has 130 valence electrons. The molecule has 4 nitrogen and oxygen atoms in total. The summed E-state index contributed by atoms with van der Waals surface area (Å²) in [5, 5.41) is 12.4. The van der Waals surface area contributed by atoms with Crippen molar-refractivity contribution in [3.63, 3.8) is 0 Å². The first-order chi connectivity index (χ1) is 12.0. The molecule has 0 heterocycles. The number of sulfonamides is 1. The van der Waals surface area contributed by atoms with E-state index in [1.165, 1.54) is 18.2 Å². The van der Waals surface area contributed by atoms with Crippen LogP contribution in [0, 0.1) is 5.82 Å². The molecule has 0 fully saturated rings. The predicted octanol–water partition coefficient (Wildman–Crippen LogP) is 3.38. The number of fused-ring (bicyclic) bond motifs is 1. The van der Waals surface area contributed by atoms with Gasteiger partial charge in [0, 0.05) is 6.54 Å². The Morgan fingerprint density at radius 3 is 2.44 bits per heavy atom. The summed E-state index contributed by atoms with van der Waals surface area (Å²) in [6, 6.07) is 18.5. The topological polar surface area (TPSA) is 66.4 Å². The zero-order valence-corrected chi connectivity index (χ0v) is 14.2. The van der Waals surface area contributed by atoms with Crippen molar-refractivity contribution >= 4 is 20.8 Å². The lowest BCUT2D eigenvalue weighted by Gasteiger charge is -2.14. The number of hydrogen-bond acceptors (Lipinski definition) is 3. The lowest BCUT2D eigenvalue weighted by Crippen LogP contribution is -2.26. The van der Waals surface area contributed by atoms with Gasteiger partial charge >= 0.3 is 0 Å². The van der Waals surface area contributed by atoms with Crippen molar-refractivity contribution in [2.24, 2.45) is 0 Å². The Balaban J connectivity index is 1.70. The molecule has 6 heteroatoms. The van der Waals surface area contributed by atoms with Gasteiger partial charge in [-0.1, -0.05) is 54.6 Å². The van der Waals surface area contributed by atoms with E-state index in [0.717, 1.165) is 22.4 Å². The van der Waals surface area contributed by atoms with Crippen molar-refractivity contribution in [3.05, 3.63) is 78.1 Å². The number of rotatable bonds is 6. The first kappa shape index (κ1) is 17.5. The van der Waals surface area contributed by atoms with E-state index in [-0.39, 0.29) is 13.0 Å². The lowest BCUT2D eigenvalue weighted by atomic mass is 9.99. The minimum Gasteiger partial charge on any atom is -0.388 e. The Kier molecular flexibility index (Phi) is 5.13. The molecule has 1 unspecified atom stereocenters. The fourth-order valence-corrected chi connectivity index (χ4v) is 3.89. The highest BCUT2D eigenvalue weighted by Gasteiger charge is 2.19. The van der Waals surface area contributed by atoms with Crippen LogP contribution < -0.4 is 4.72 Å². The zero-order valence-electron chi connectivity index (χ0n) is 13.4. The smallest absolute Gasteiger partial charge is 0.243 e. The van der Waals surface area contributed by atoms with Crippen molar-refractivity contribution in [2.45, 2.75) is 17.4 Å². The summed E-state index contributed by atoms with van der Waals surface area (Å²) in [6.07, 6.45) is -0.642. The minimum atomic E-state index is -3.95. The van der Waals surface area contributed by atoms with E-state index in [1.807, 2.05) is 42.5 Å². The summed E-state index contributed by atoms with van der Waals surface area (Å²) in [7, 11) is -3.95. The standard InChI is InChI=1S/C19H18FNO3S/c20-17-10-3-4-11-19(17)25(23,24)21-13-12-18(22)16-9-5-7-14-6-1-2-8-15(14)16/h1-11,18,21-22H,12-13H2. The van der Waals surface area contributed by atoms with Crippen LogP contribution >= 0.6 is 0 Å². The van der Waals surface area contributed by atoms with Crippen LogP contribution in [0.4, 0.5) is 4.39 Å². The second-order valence-electron chi connectivity index (χ2n) is 5.70. The summed E-state index contributed by atoms with van der Waals surface area (Å²) in [5.41, 5.74) is 0.739. The van der Waals surface area contributed by atoms with E-state index < -0.39 is 26.8 Å². The summed E-state index contributed by atoms with van der Waals surface area (Å²) >= 11 is 0. The Bertz CT molecular complexity index is 983. The van der Waals surface area contributed by atoms with Gasteiger partial charge in [0.1, 0.15) is 10.7 Å². The zero-order chi connectivity index (χ0) is 17.9. The summed E-state index contributed by atoms with van der Waals surface area (Å²) in [6.45, 7) is 0.00105. The van der Waals surface area contributed by atoms with E-state index in [4.69, 9.17) is 0 Å². The average molecular weight is 359 g/mol. The Morgan fingerprint density at radius 1 is 0.960 bits per heavy atom. The van der Waals surface area contributed by atoms with Crippen molar-refractivity contribution in [1.82, 2.24) is 4.72 Å². The van der Waals surface area contributed by atoms with Gasteiger partial charge in [-0.2, -0.15) is 0 Å². The second kappa shape index (κ2) is 7.31. The number of nitrogens with one attached hydrogen (secondary N) is 1. The monoisotopic (exact) mass is 359 g/mol. The number of benzene rings is 3. The third-order valence-electron chi connectivity index (χ3n) is 4.02. The minimum absolute atomic E-state index is 0.00105. The van der Waals surface area contributed by atoms with E-state index in [9.17, 15) is 17.9 Å². The Labute approximate surface area is 146 Å². The van der Waals surface area contributed by atoms with Gasteiger partial charge in [-0.15, -0.1) is 0 Å². The quantitative estimate of drug-likeness (QED) is 0.709. The maximum absolute atomic E-state index is 13.6. The van der Waals surface area contributed by atoms with Crippen LogP contribution in [0.1, 0.15) is 18.1 Å². The molecule has 0 aliphatic rings. The lowest BCUT2D eigenvalue weighted by molar-refractivity contribution is 0.170.